The molecule has 4 bridgehead atoms. The minimum atomic E-state index is -0.899. The highest BCUT2D eigenvalue weighted by Crippen LogP contribution is 2.64. The number of halogens is 2. The Labute approximate surface area is 217 Å². The molecule has 0 aromatic heterocycles. The van der Waals surface area contributed by atoms with E-state index in [1.807, 2.05) is 0 Å². The molecule has 6 fully saturated rings. The molecule has 35 heavy (non-hydrogen) atoms. The number of ether oxygens (including phenoxy) is 2. The van der Waals surface area contributed by atoms with Crippen LogP contribution in [0.15, 0.2) is 18.2 Å². The van der Waals surface area contributed by atoms with Crippen LogP contribution in [0.3, 0.4) is 0 Å². The predicted molar refractivity (Wildman–Crippen MR) is 133 cm³/mol. The van der Waals surface area contributed by atoms with Gasteiger partial charge in [-0.3, -0.25) is 5.32 Å². The number of hydrogen-bond acceptors (Lipinski definition) is 5. The molecule has 3 atom stereocenters. The maximum absolute atomic E-state index is 12.9. The van der Waals surface area contributed by atoms with Crippen molar-refractivity contribution in [1.82, 2.24) is 0 Å². The second kappa shape index (κ2) is 8.49. The first-order chi connectivity index (χ1) is 16.5. The van der Waals surface area contributed by atoms with Gasteiger partial charge in [-0.2, -0.15) is 9.78 Å². The fourth-order valence-corrected chi connectivity index (χ4v) is 8.02. The van der Waals surface area contributed by atoms with E-state index >= 15 is 0 Å². The Morgan fingerprint density at radius 2 is 1.69 bits per heavy atom. The lowest BCUT2D eigenvalue weighted by molar-refractivity contribution is -0.392. The van der Waals surface area contributed by atoms with Gasteiger partial charge in [-0.05, 0) is 79.9 Å². The molecule has 1 heterocycles. The molecular weight excluding hydrogens is 489 g/mol. The first kappa shape index (κ1) is 24.3. The number of amides is 1. The van der Waals surface area contributed by atoms with Crippen molar-refractivity contribution in [2.24, 2.45) is 35.0 Å². The van der Waals surface area contributed by atoms with Gasteiger partial charge in [-0.15, -0.1) is 0 Å². The van der Waals surface area contributed by atoms with Crippen molar-refractivity contribution in [3.8, 4) is 0 Å². The Morgan fingerprint density at radius 3 is 2.34 bits per heavy atom. The standard InChI is InChI=1S/C27H35Cl2NO5/c1-25(2,3)19-11-21(32-24(31)30-23-12-20(28)4-5-22(23)29)14-26(13-19)33-27(35-34-26)17-7-15-6-16(9-17)10-18(27)8-15/h4-5,12,15-19,21H,6-11,13-14H2,1-3H3,(H,30,31)/t15?,16?,17?,18?,19-,21-,26?,27?/m0/s1. The van der Waals surface area contributed by atoms with Gasteiger partial charge in [0.25, 0.3) is 0 Å². The van der Waals surface area contributed by atoms with E-state index in [-0.39, 0.29) is 17.4 Å². The molecule has 6 aliphatic rings. The van der Waals surface area contributed by atoms with Crippen LogP contribution in [0.25, 0.3) is 0 Å². The van der Waals surface area contributed by atoms with Crippen molar-refractivity contribution in [3.63, 3.8) is 0 Å². The van der Waals surface area contributed by atoms with E-state index in [9.17, 15) is 4.79 Å². The topological polar surface area (TPSA) is 66.0 Å². The third kappa shape index (κ3) is 4.37. The van der Waals surface area contributed by atoms with Crippen molar-refractivity contribution < 1.29 is 24.0 Å². The van der Waals surface area contributed by atoms with Crippen LogP contribution >= 0.6 is 23.2 Å². The molecular formula is C27H35Cl2NO5. The van der Waals surface area contributed by atoms with Crippen molar-refractivity contribution in [2.45, 2.75) is 89.8 Å². The smallest absolute Gasteiger partial charge is 0.411 e. The Kier molecular flexibility index (Phi) is 5.89. The molecule has 1 unspecified atom stereocenters. The molecule has 7 rings (SSSR count). The number of nitrogens with one attached hydrogen (secondary N) is 1. The molecule has 6 nitrogen and oxygen atoms in total. The van der Waals surface area contributed by atoms with E-state index in [0.29, 0.717) is 34.0 Å². The highest BCUT2D eigenvalue weighted by atomic mass is 35.5. The zero-order valence-corrected chi connectivity index (χ0v) is 22.2. The highest BCUT2D eigenvalue weighted by Gasteiger charge is 2.68. The molecule has 1 amide bonds. The molecule has 1 saturated heterocycles. The van der Waals surface area contributed by atoms with Gasteiger partial charge in [0.15, 0.2) is 0 Å². The molecule has 5 aliphatic carbocycles. The van der Waals surface area contributed by atoms with Crippen molar-refractivity contribution in [2.75, 3.05) is 5.32 Å². The normalized spacial score (nSPS) is 42.1. The van der Waals surface area contributed by atoms with Gasteiger partial charge in [0.2, 0.25) is 11.6 Å². The minimum Gasteiger partial charge on any atom is -0.446 e. The molecule has 192 valence electrons. The Hall–Kier alpha value is -1.05. The number of rotatable bonds is 2. The number of hydrogen-bond donors (Lipinski definition) is 1. The summed E-state index contributed by atoms with van der Waals surface area (Å²) in [4.78, 5) is 25.3. The number of carbonyl (C=O) groups is 1. The summed E-state index contributed by atoms with van der Waals surface area (Å²) >= 11 is 12.3. The molecule has 2 spiro atoms. The maximum atomic E-state index is 12.9. The molecule has 1 aromatic carbocycles. The van der Waals surface area contributed by atoms with Gasteiger partial charge in [-0.25, -0.2) is 4.79 Å². The Morgan fingerprint density at radius 1 is 1.00 bits per heavy atom. The SMILES string of the molecule is CC(C)(C)[C@H]1C[C@H](OC(=O)Nc2cc(Cl)ccc2Cl)CC2(C1)OOC1(O2)C2CC3CC(C2)CC1C3. The second-order valence-corrected chi connectivity index (χ2v) is 13.5. The Bertz CT molecular complexity index is 982. The molecule has 5 saturated carbocycles. The monoisotopic (exact) mass is 523 g/mol. The largest absolute Gasteiger partial charge is 0.446 e. The summed E-state index contributed by atoms with van der Waals surface area (Å²) in [6.45, 7) is 6.65. The van der Waals surface area contributed by atoms with E-state index in [2.05, 4.69) is 26.1 Å². The van der Waals surface area contributed by atoms with Crippen LogP contribution in [0.2, 0.25) is 10.0 Å². The van der Waals surface area contributed by atoms with E-state index in [4.69, 9.17) is 42.5 Å². The fourth-order valence-electron chi connectivity index (χ4n) is 7.68. The van der Waals surface area contributed by atoms with Crippen LogP contribution in [0.4, 0.5) is 10.5 Å². The zero-order valence-electron chi connectivity index (χ0n) is 20.7. The maximum Gasteiger partial charge on any atom is 0.411 e. The molecule has 1 aliphatic heterocycles. The van der Waals surface area contributed by atoms with E-state index in [1.165, 1.54) is 6.42 Å². The molecule has 1 N–H and O–H groups in total. The van der Waals surface area contributed by atoms with Crippen LogP contribution in [0.1, 0.15) is 72.1 Å². The number of carbonyl (C=O) groups excluding carboxylic acids is 1. The molecule has 0 radical (unpaired) electrons. The first-order valence-electron chi connectivity index (χ1n) is 13.0. The van der Waals surface area contributed by atoms with E-state index < -0.39 is 17.7 Å². The third-order valence-corrected chi connectivity index (χ3v) is 9.82. The van der Waals surface area contributed by atoms with Crippen LogP contribution in [0.5, 0.6) is 0 Å². The quantitative estimate of drug-likeness (QED) is 0.404. The summed E-state index contributed by atoms with van der Waals surface area (Å²) in [5.74, 6) is 1.08. The number of anilines is 1. The average Bonchev–Trinajstić information content (AvgIpc) is 3.12. The first-order valence-corrected chi connectivity index (χ1v) is 13.8. The zero-order chi connectivity index (χ0) is 24.6. The molecule has 1 aromatic rings. The number of benzene rings is 1. The highest BCUT2D eigenvalue weighted by molar-refractivity contribution is 6.35. The summed E-state index contributed by atoms with van der Waals surface area (Å²) < 4.78 is 12.9. The Balaban J connectivity index is 1.20. The third-order valence-electron chi connectivity index (χ3n) is 9.25. The average molecular weight is 524 g/mol. The summed E-state index contributed by atoms with van der Waals surface area (Å²) in [5, 5.41) is 3.63. The van der Waals surface area contributed by atoms with Crippen LogP contribution in [0, 0.1) is 35.0 Å². The summed E-state index contributed by atoms with van der Waals surface area (Å²) in [6, 6.07) is 4.93. The van der Waals surface area contributed by atoms with Crippen LogP contribution in [-0.4, -0.2) is 23.8 Å². The van der Waals surface area contributed by atoms with Gasteiger partial charge in [0.1, 0.15) is 6.10 Å². The van der Waals surface area contributed by atoms with E-state index in [0.717, 1.165) is 50.4 Å². The van der Waals surface area contributed by atoms with Crippen LogP contribution < -0.4 is 5.32 Å². The predicted octanol–water partition coefficient (Wildman–Crippen LogP) is 7.58. The van der Waals surface area contributed by atoms with Crippen molar-refractivity contribution in [3.05, 3.63) is 28.2 Å². The summed E-state index contributed by atoms with van der Waals surface area (Å²) in [5.41, 5.74) is 0.417. The molecule has 8 heteroatoms. The lowest BCUT2D eigenvalue weighted by Crippen LogP contribution is -2.59. The van der Waals surface area contributed by atoms with Gasteiger partial charge in [-0.1, -0.05) is 44.0 Å². The van der Waals surface area contributed by atoms with Gasteiger partial charge >= 0.3 is 6.09 Å². The van der Waals surface area contributed by atoms with Crippen molar-refractivity contribution in [1.29, 1.82) is 0 Å². The summed E-state index contributed by atoms with van der Waals surface area (Å²) in [6.07, 6.45) is 7.00. The lowest BCUT2D eigenvalue weighted by atomic mass is 9.53. The van der Waals surface area contributed by atoms with Crippen molar-refractivity contribution >= 4 is 35.0 Å². The van der Waals surface area contributed by atoms with Gasteiger partial charge < -0.3 is 9.47 Å². The fraction of sp³-hybridized carbons (Fsp3) is 0.741. The minimum absolute atomic E-state index is 0.00565. The van der Waals surface area contributed by atoms with E-state index in [1.54, 1.807) is 18.2 Å². The lowest BCUT2D eigenvalue weighted by Gasteiger charge is -2.57. The van der Waals surface area contributed by atoms with Gasteiger partial charge in [0.05, 0.1) is 10.7 Å². The van der Waals surface area contributed by atoms with Gasteiger partial charge in [0, 0.05) is 29.7 Å². The van der Waals surface area contributed by atoms with Crippen LogP contribution in [-0.2, 0) is 19.2 Å². The second-order valence-electron chi connectivity index (χ2n) is 12.7. The summed E-state index contributed by atoms with van der Waals surface area (Å²) in [7, 11) is 0.